The van der Waals surface area contributed by atoms with Gasteiger partial charge in [-0.2, -0.15) is 0 Å². The molecule has 0 radical (unpaired) electrons. The van der Waals surface area contributed by atoms with Gasteiger partial charge in [-0.05, 0) is 24.1 Å². The second-order valence-electron chi connectivity index (χ2n) is 5.76. The molecule has 5 rings (SSSR count). The molecular formula is C16H14N6O2. The van der Waals surface area contributed by atoms with Crippen molar-refractivity contribution in [1.82, 2.24) is 13.9 Å². The van der Waals surface area contributed by atoms with Crippen LogP contribution in [0.5, 0.6) is 0 Å². The Hall–Kier alpha value is -3.25. The van der Waals surface area contributed by atoms with Gasteiger partial charge in [0.1, 0.15) is 0 Å². The van der Waals surface area contributed by atoms with Crippen LogP contribution in [0.2, 0.25) is 0 Å². The summed E-state index contributed by atoms with van der Waals surface area (Å²) in [5.74, 6) is 0. The lowest BCUT2D eigenvalue weighted by atomic mass is 10.00. The van der Waals surface area contributed by atoms with E-state index in [1.54, 1.807) is 36.4 Å². The van der Waals surface area contributed by atoms with Crippen LogP contribution in [0.4, 0.5) is 0 Å². The van der Waals surface area contributed by atoms with E-state index < -0.39 is 0 Å². The number of nitrogens with zero attached hydrogens (tertiary/aromatic N) is 6. The minimum atomic E-state index is -0.388. The fraction of sp³-hybridized carbons (Fsp3) is 0.250. The van der Waals surface area contributed by atoms with Crippen molar-refractivity contribution in [3.63, 3.8) is 0 Å². The molecule has 0 amide bonds. The van der Waals surface area contributed by atoms with Crippen molar-refractivity contribution in [3.8, 4) is 5.69 Å². The zero-order chi connectivity index (χ0) is 16.7. The van der Waals surface area contributed by atoms with Crippen LogP contribution in [0.1, 0.15) is 18.5 Å². The van der Waals surface area contributed by atoms with Crippen LogP contribution in [0.25, 0.3) is 16.1 Å². The minimum Gasteiger partial charge on any atom is -0.245 e. The maximum absolute atomic E-state index is 12.9. The molecule has 8 nitrogen and oxygen atoms in total. The molecule has 1 aliphatic carbocycles. The largest absolute Gasteiger partial charge is 0.352 e. The molecule has 0 saturated heterocycles. The molecule has 2 aromatic rings. The van der Waals surface area contributed by atoms with Gasteiger partial charge in [-0.3, -0.25) is 0 Å². The molecular weight excluding hydrogens is 308 g/mol. The summed E-state index contributed by atoms with van der Waals surface area (Å²) in [6, 6.07) is 7.81. The maximum atomic E-state index is 12.9. The van der Waals surface area contributed by atoms with Crippen molar-refractivity contribution in [1.29, 1.82) is 0 Å². The highest BCUT2D eigenvalue weighted by Gasteiger charge is 2.30. The molecule has 0 N–H and O–H groups in total. The van der Waals surface area contributed by atoms with E-state index in [0.717, 1.165) is 0 Å². The van der Waals surface area contributed by atoms with Crippen molar-refractivity contribution >= 4 is 0 Å². The SMILES string of the molecule is [N-]=[N+]=NC1/C=C\C2C=CC(C1)n1c(=O)n(-c3ccccc3)c(=O)n12. The van der Waals surface area contributed by atoms with Crippen molar-refractivity contribution in [3.05, 3.63) is 86.0 Å². The first-order valence-electron chi connectivity index (χ1n) is 7.63. The summed E-state index contributed by atoms with van der Waals surface area (Å²) in [6.45, 7) is 0. The van der Waals surface area contributed by atoms with Gasteiger partial charge in [0.25, 0.3) is 0 Å². The molecule has 24 heavy (non-hydrogen) atoms. The molecule has 3 unspecified atom stereocenters. The predicted octanol–water partition coefficient (Wildman–Crippen LogP) is 2.09. The number of hydrogen-bond donors (Lipinski definition) is 0. The number of hydrogen-bond acceptors (Lipinski definition) is 3. The Bertz CT molecular complexity index is 1000. The molecule has 3 aliphatic rings. The summed E-state index contributed by atoms with van der Waals surface area (Å²) in [5, 5.41) is 3.74. The topological polar surface area (TPSA) is 97.7 Å². The molecule has 1 aromatic carbocycles. The molecule has 120 valence electrons. The van der Waals surface area contributed by atoms with Crippen LogP contribution in [0.15, 0.2) is 69.3 Å². The zero-order valence-electron chi connectivity index (χ0n) is 12.6. The minimum absolute atomic E-state index is 0.327. The second kappa shape index (κ2) is 5.43. The standard InChI is InChI=1S/C16H14N6O2/c17-19-18-11-6-7-13-8-9-14(10-11)22-16(24)20(15(23)21(13)22)12-4-2-1-3-5-12/h1-9,11,13-14H,10H2/b7-6-. The van der Waals surface area contributed by atoms with Crippen molar-refractivity contribution < 1.29 is 0 Å². The van der Waals surface area contributed by atoms with Gasteiger partial charge in [0.2, 0.25) is 0 Å². The number of para-hydroxylation sites is 1. The molecule has 8 heteroatoms. The van der Waals surface area contributed by atoms with Crippen LogP contribution in [-0.2, 0) is 0 Å². The van der Waals surface area contributed by atoms with E-state index in [1.807, 2.05) is 18.2 Å². The summed E-state index contributed by atoms with van der Waals surface area (Å²) >= 11 is 0. The maximum Gasteiger partial charge on any atom is 0.352 e. The fourth-order valence-electron chi connectivity index (χ4n) is 3.29. The smallest absolute Gasteiger partial charge is 0.245 e. The molecule has 0 fully saturated rings. The van der Waals surface area contributed by atoms with Crippen LogP contribution >= 0.6 is 0 Å². The predicted molar refractivity (Wildman–Crippen MR) is 88.2 cm³/mol. The van der Waals surface area contributed by atoms with E-state index in [-0.39, 0.29) is 29.5 Å². The fourth-order valence-corrected chi connectivity index (χ4v) is 3.29. The molecule has 2 aliphatic heterocycles. The van der Waals surface area contributed by atoms with Gasteiger partial charge >= 0.3 is 11.4 Å². The van der Waals surface area contributed by atoms with Crippen LogP contribution in [0.3, 0.4) is 0 Å². The van der Waals surface area contributed by atoms with E-state index in [1.165, 1.54) is 13.9 Å². The van der Waals surface area contributed by atoms with Gasteiger partial charge in [0.05, 0.1) is 23.8 Å². The Morgan fingerprint density at radius 3 is 2.46 bits per heavy atom. The number of azide groups is 1. The lowest BCUT2D eigenvalue weighted by Crippen LogP contribution is -2.36. The molecule has 2 bridgehead atoms. The first-order chi connectivity index (χ1) is 11.7. The molecule has 3 atom stereocenters. The average molecular weight is 322 g/mol. The summed E-state index contributed by atoms with van der Waals surface area (Å²) in [4.78, 5) is 28.6. The summed E-state index contributed by atoms with van der Waals surface area (Å²) < 4.78 is 4.10. The van der Waals surface area contributed by atoms with E-state index in [9.17, 15) is 9.59 Å². The summed E-state index contributed by atoms with van der Waals surface area (Å²) in [7, 11) is 0. The van der Waals surface area contributed by atoms with Crippen molar-refractivity contribution in [2.45, 2.75) is 24.5 Å². The third-order valence-corrected chi connectivity index (χ3v) is 4.36. The first kappa shape index (κ1) is 14.3. The van der Waals surface area contributed by atoms with Gasteiger partial charge in [-0.15, -0.1) is 0 Å². The Morgan fingerprint density at radius 2 is 1.71 bits per heavy atom. The molecule has 1 aromatic heterocycles. The lowest BCUT2D eigenvalue weighted by molar-refractivity contribution is 0.346. The Labute approximate surface area is 136 Å². The first-order valence-corrected chi connectivity index (χ1v) is 7.63. The normalized spacial score (nSPS) is 25.4. The van der Waals surface area contributed by atoms with Gasteiger partial charge in [-0.1, -0.05) is 47.6 Å². The van der Waals surface area contributed by atoms with Gasteiger partial charge in [0.15, 0.2) is 0 Å². The average Bonchev–Trinajstić information content (AvgIpc) is 2.83. The zero-order valence-corrected chi connectivity index (χ0v) is 12.6. The van der Waals surface area contributed by atoms with Crippen LogP contribution in [-0.4, -0.2) is 20.0 Å². The van der Waals surface area contributed by atoms with Gasteiger partial charge in [-0.25, -0.2) is 23.5 Å². The highest BCUT2D eigenvalue weighted by molar-refractivity contribution is 5.31. The van der Waals surface area contributed by atoms with Crippen LogP contribution < -0.4 is 11.4 Å². The van der Waals surface area contributed by atoms with Crippen molar-refractivity contribution in [2.75, 3.05) is 0 Å². The highest BCUT2D eigenvalue weighted by Crippen LogP contribution is 2.28. The third-order valence-electron chi connectivity index (χ3n) is 4.36. The highest BCUT2D eigenvalue weighted by atomic mass is 16.2. The molecule has 0 saturated carbocycles. The monoisotopic (exact) mass is 322 g/mol. The van der Waals surface area contributed by atoms with Gasteiger partial charge in [0, 0.05) is 4.91 Å². The van der Waals surface area contributed by atoms with Crippen molar-refractivity contribution in [2.24, 2.45) is 5.11 Å². The van der Waals surface area contributed by atoms with E-state index in [2.05, 4.69) is 10.0 Å². The number of fused-ring (bicyclic) bond motifs is 2. The van der Waals surface area contributed by atoms with E-state index in [4.69, 9.17) is 5.53 Å². The van der Waals surface area contributed by atoms with E-state index in [0.29, 0.717) is 12.1 Å². The lowest BCUT2D eigenvalue weighted by Gasteiger charge is -2.28. The second-order valence-corrected chi connectivity index (χ2v) is 5.76. The third kappa shape index (κ3) is 2.04. The van der Waals surface area contributed by atoms with Gasteiger partial charge < -0.3 is 0 Å². The molecule has 3 heterocycles. The Balaban J connectivity index is 1.94. The number of aromatic nitrogens is 3. The quantitative estimate of drug-likeness (QED) is 0.366. The summed E-state index contributed by atoms with van der Waals surface area (Å²) in [5.41, 5.74) is 8.45. The Kier molecular flexibility index (Phi) is 3.25. The molecule has 0 spiro atoms. The number of rotatable bonds is 2. The Morgan fingerprint density at radius 1 is 1.00 bits per heavy atom. The number of benzene rings is 1. The van der Waals surface area contributed by atoms with E-state index >= 15 is 0 Å². The van der Waals surface area contributed by atoms with Crippen LogP contribution in [0, 0.1) is 0 Å². The summed E-state index contributed by atoms with van der Waals surface area (Å²) in [6.07, 6.45) is 7.80. The number of allylic oxidation sites excluding steroid dienone is 3.